The fourth-order valence-electron chi connectivity index (χ4n) is 5.91. The third-order valence-electron chi connectivity index (χ3n) is 8.39. The minimum absolute atomic E-state index is 0.0211. The maximum absolute atomic E-state index is 13.0. The lowest BCUT2D eigenvalue weighted by Crippen LogP contribution is -2.52. The molecule has 0 N–H and O–H groups in total. The molecular formula is C34H29N5O4S2. The van der Waals surface area contributed by atoms with Crippen LogP contribution in [0.1, 0.15) is 22.3 Å². The SMILES string of the molecule is Cc1cccc(C)c1-n1c2cc(C=C3C(=O)N(C)C(=S)N(C)C3=O)ccc2c2ccc(C=C3C(=O)N(C)C(=S)N(C)C3=O)cc21. The number of hydrogen-bond acceptors (Lipinski definition) is 6. The van der Waals surface area contributed by atoms with Crippen LogP contribution in [-0.2, 0) is 19.2 Å². The first-order valence-corrected chi connectivity index (χ1v) is 14.9. The van der Waals surface area contributed by atoms with Gasteiger partial charge in [0.25, 0.3) is 23.6 Å². The van der Waals surface area contributed by atoms with Gasteiger partial charge >= 0.3 is 0 Å². The molecule has 0 radical (unpaired) electrons. The van der Waals surface area contributed by atoms with Crippen molar-refractivity contribution in [3.8, 4) is 5.69 Å². The molecule has 11 heteroatoms. The maximum atomic E-state index is 13.0. The monoisotopic (exact) mass is 635 g/mol. The van der Waals surface area contributed by atoms with E-state index in [0.717, 1.165) is 38.6 Å². The Hall–Kier alpha value is -5.00. The van der Waals surface area contributed by atoms with Crippen molar-refractivity contribution >= 4 is 92.2 Å². The second kappa shape index (κ2) is 10.9. The summed E-state index contributed by atoms with van der Waals surface area (Å²) < 4.78 is 2.15. The van der Waals surface area contributed by atoms with Crippen LogP contribution in [0.3, 0.4) is 0 Å². The molecule has 3 heterocycles. The van der Waals surface area contributed by atoms with Gasteiger partial charge in [0, 0.05) is 39.0 Å². The molecule has 0 bridgehead atoms. The highest BCUT2D eigenvalue weighted by Crippen LogP contribution is 2.36. The number of benzene rings is 3. The third kappa shape index (κ3) is 4.66. The van der Waals surface area contributed by atoms with Gasteiger partial charge in [0.2, 0.25) is 0 Å². The molecule has 0 spiro atoms. The molecule has 2 fully saturated rings. The fourth-order valence-corrected chi connectivity index (χ4v) is 6.25. The van der Waals surface area contributed by atoms with Crippen LogP contribution >= 0.6 is 24.4 Å². The van der Waals surface area contributed by atoms with Gasteiger partial charge < -0.3 is 4.57 Å². The summed E-state index contributed by atoms with van der Waals surface area (Å²) in [5.41, 5.74) is 6.19. The number of carbonyl (C=O) groups is 4. The Kier molecular flexibility index (Phi) is 7.25. The van der Waals surface area contributed by atoms with Crippen molar-refractivity contribution < 1.29 is 19.2 Å². The van der Waals surface area contributed by atoms with Crippen molar-refractivity contribution in [2.45, 2.75) is 13.8 Å². The number of fused-ring (bicyclic) bond motifs is 3. The number of aromatic nitrogens is 1. The van der Waals surface area contributed by atoms with Crippen molar-refractivity contribution in [3.05, 3.63) is 88.0 Å². The van der Waals surface area contributed by atoms with E-state index in [1.54, 1.807) is 40.3 Å². The lowest BCUT2D eigenvalue weighted by atomic mass is 10.0. The van der Waals surface area contributed by atoms with Crippen LogP contribution in [0.4, 0.5) is 0 Å². The first-order chi connectivity index (χ1) is 21.3. The van der Waals surface area contributed by atoms with Crippen LogP contribution < -0.4 is 0 Å². The summed E-state index contributed by atoms with van der Waals surface area (Å²) in [5, 5.41) is 2.22. The summed E-state index contributed by atoms with van der Waals surface area (Å²) in [7, 11) is 6.20. The Morgan fingerprint density at radius 2 is 0.911 bits per heavy atom. The highest BCUT2D eigenvalue weighted by atomic mass is 32.1. The Morgan fingerprint density at radius 1 is 0.556 bits per heavy atom. The van der Waals surface area contributed by atoms with E-state index in [0.29, 0.717) is 11.1 Å². The molecule has 0 saturated carbocycles. The molecule has 4 aromatic rings. The zero-order valence-corrected chi connectivity index (χ0v) is 27.2. The molecule has 0 aliphatic carbocycles. The summed E-state index contributed by atoms with van der Waals surface area (Å²) in [6.07, 6.45) is 3.19. The van der Waals surface area contributed by atoms with Gasteiger partial charge in [0.1, 0.15) is 11.1 Å². The zero-order valence-electron chi connectivity index (χ0n) is 25.5. The number of likely N-dealkylation sites (N-methyl/N-ethyl adjacent to an activating group) is 4. The van der Waals surface area contributed by atoms with Crippen LogP contribution in [0.2, 0.25) is 0 Å². The molecule has 0 unspecified atom stereocenters. The predicted octanol–water partition coefficient (Wildman–Crippen LogP) is 4.60. The molecule has 4 amide bonds. The minimum Gasteiger partial charge on any atom is -0.309 e. The van der Waals surface area contributed by atoms with Crippen LogP contribution in [0.5, 0.6) is 0 Å². The van der Waals surface area contributed by atoms with E-state index >= 15 is 0 Å². The predicted molar refractivity (Wildman–Crippen MR) is 182 cm³/mol. The van der Waals surface area contributed by atoms with Gasteiger partial charge in [0.05, 0.1) is 16.7 Å². The van der Waals surface area contributed by atoms with Crippen molar-refractivity contribution in [1.29, 1.82) is 0 Å². The topological polar surface area (TPSA) is 86.2 Å². The van der Waals surface area contributed by atoms with Crippen LogP contribution in [-0.4, -0.2) is 86.2 Å². The molecule has 1 aromatic heterocycles. The normalized spacial score (nSPS) is 16.2. The molecule has 45 heavy (non-hydrogen) atoms. The van der Waals surface area contributed by atoms with E-state index < -0.39 is 23.6 Å². The van der Waals surface area contributed by atoms with E-state index in [-0.39, 0.29) is 21.4 Å². The van der Waals surface area contributed by atoms with E-state index in [1.807, 2.05) is 68.4 Å². The second-order valence-electron chi connectivity index (χ2n) is 11.3. The average Bonchev–Trinajstić information content (AvgIpc) is 3.33. The van der Waals surface area contributed by atoms with E-state index in [4.69, 9.17) is 24.4 Å². The molecule has 0 atom stereocenters. The molecular weight excluding hydrogens is 607 g/mol. The Bertz CT molecular complexity index is 1930. The van der Waals surface area contributed by atoms with Gasteiger partial charge in [-0.05, 0) is 84.8 Å². The number of amides is 4. The van der Waals surface area contributed by atoms with Crippen molar-refractivity contribution in [1.82, 2.24) is 24.2 Å². The van der Waals surface area contributed by atoms with Gasteiger partial charge in [-0.3, -0.25) is 38.8 Å². The van der Waals surface area contributed by atoms with Gasteiger partial charge in [0.15, 0.2) is 10.2 Å². The van der Waals surface area contributed by atoms with Crippen LogP contribution in [0, 0.1) is 13.8 Å². The van der Waals surface area contributed by atoms with Gasteiger partial charge in [-0.1, -0.05) is 42.5 Å². The lowest BCUT2D eigenvalue weighted by Gasteiger charge is -2.31. The Morgan fingerprint density at radius 3 is 1.27 bits per heavy atom. The smallest absolute Gasteiger partial charge is 0.265 e. The Labute approximate surface area is 270 Å². The summed E-state index contributed by atoms with van der Waals surface area (Å²) in [6.45, 7) is 4.08. The zero-order chi connectivity index (χ0) is 32.5. The summed E-state index contributed by atoms with van der Waals surface area (Å²) in [4.78, 5) is 57.3. The number of nitrogens with zero attached hydrogens (tertiary/aromatic N) is 5. The van der Waals surface area contributed by atoms with E-state index in [2.05, 4.69) is 4.57 Å². The number of carbonyl (C=O) groups excluding carboxylic acids is 4. The molecule has 226 valence electrons. The quantitative estimate of drug-likeness (QED) is 0.186. The Balaban J connectivity index is 1.59. The maximum Gasteiger partial charge on any atom is 0.265 e. The van der Waals surface area contributed by atoms with E-state index in [1.165, 1.54) is 19.6 Å². The summed E-state index contributed by atoms with van der Waals surface area (Å²) >= 11 is 10.5. The van der Waals surface area contributed by atoms with Crippen molar-refractivity contribution in [2.24, 2.45) is 0 Å². The van der Waals surface area contributed by atoms with Gasteiger partial charge in [-0.2, -0.15) is 0 Å². The first-order valence-electron chi connectivity index (χ1n) is 14.1. The first kappa shape index (κ1) is 30.0. The van der Waals surface area contributed by atoms with E-state index in [9.17, 15) is 19.2 Å². The van der Waals surface area contributed by atoms with Crippen molar-refractivity contribution in [3.63, 3.8) is 0 Å². The van der Waals surface area contributed by atoms with Crippen LogP contribution in [0.25, 0.3) is 39.6 Å². The third-order valence-corrected chi connectivity index (χ3v) is 9.48. The fraction of sp³-hybridized carbons (Fsp3) is 0.176. The molecule has 2 saturated heterocycles. The standard InChI is InChI=1S/C34H29N5O4S2/c1-18-8-7-9-19(2)28(18)39-26-16-20(14-24-29(40)35(3)33(44)36(4)30(24)41)10-12-22(26)23-13-11-21(17-27(23)39)15-25-31(42)37(5)34(45)38(6)32(25)43/h7-17H,1-6H3. The van der Waals surface area contributed by atoms with Gasteiger partial charge in [-0.25, -0.2) is 0 Å². The van der Waals surface area contributed by atoms with Crippen LogP contribution in [0.15, 0.2) is 65.7 Å². The molecule has 9 nitrogen and oxygen atoms in total. The largest absolute Gasteiger partial charge is 0.309 e. The molecule has 3 aromatic carbocycles. The number of hydrogen-bond donors (Lipinski definition) is 0. The number of thiocarbonyl (C=S) groups is 2. The molecule has 2 aliphatic rings. The number of para-hydroxylation sites is 1. The average molecular weight is 636 g/mol. The summed E-state index contributed by atoms with van der Waals surface area (Å²) in [5.74, 6) is -1.83. The molecule has 2 aliphatic heterocycles. The van der Waals surface area contributed by atoms with Crippen molar-refractivity contribution in [2.75, 3.05) is 28.2 Å². The number of rotatable bonds is 3. The summed E-state index contributed by atoms with van der Waals surface area (Å²) in [6, 6.07) is 17.7. The minimum atomic E-state index is -0.458. The highest BCUT2D eigenvalue weighted by molar-refractivity contribution is 7.80. The lowest BCUT2D eigenvalue weighted by molar-refractivity contribution is -0.133. The number of aryl methyl sites for hydroxylation is 2. The highest BCUT2D eigenvalue weighted by Gasteiger charge is 2.36. The van der Waals surface area contributed by atoms with Gasteiger partial charge in [-0.15, -0.1) is 0 Å². The second-order valence-corrected chi connectivity index (χ2v) is 12.0. The molecule has 6 rings (SSSR count).